The van der Waals surface area contributed by atoms with Crippen LogP contribution in [0.3, 0.4) is 0 Å². The molecule has 0 saturated carbocycles. The van der Waals surface area contributed by atoms with Crippen molar-refractivity contribution >= 4 is 23.2 Å². The average molecular weight is 261 g/mol. The Hall–Kier alpha value is -0.310. The van der Waals surface area contributed by atoms with Crippen molar-refractivity contribution < 1.29 is 0 Å². The molecule has 0 aliphatic rings. The van der Waals surface area contributed by atoms with Gasteiger partial charge in [0.15, 0.2) is 0 Å². The summed E-state index contributed by atoms with van der Waals surface area (Å²) >= 11 is 11.9. The van der Waals surface area contributed by atoms with E-state index in [1.807, 2.05) is 25.1 Å². The molecule has 0 aliphatic carbocycles. The standard InChI is InChI=1S/C12H18Cl2N2/c1-3-12(8-13,9-14)15-7-11-6-4-5-10(2)16-11/h4-6,15H,3,7-9H2,1-2H3. The van der Waals surface area contributed by atoms with Crippen LogP contribution in [-0.4, -0.2) is 22.3 Å². The van der Waals surface area contributed by atoms with Crippen molar-refractivity contribution in [3.63, 3.8) is 0 Å². The first-order chi connectivity index (χ1) is 7.65. The zero-order valence-corrected chi connectivity index (χ0v) is 11.3. The molecule has 16 heavy (non-hydrogen) atoms. The summed E-state index contributed by atoms with van der Waals surface area (Å²) < 4.78 is 0. The molecule has 4 heteroatoms. The molecular formula is C12H18Cl2N2. The molecule has 0 fully saturated rings. The van der Waals surface area contributed by atoms with Gasteiger partial charge in [0.05, 0.1) is 5.69 Å². The third kappa shape index (κ3) is 3.62. The second-order valence-electron chi connectivity index (χ2n) is 4.03. The number of pyridine rings is 1. The third-order valence-electron chi connectivity index (χ3n) is 2.78. The van der Waals surface area contributed by atoms with Crippen LogP contribution in [0, 0.1) is 6.92 Å². The van der Waals surface area contributed by atoms with Crippen LogP contribution in [0.1, 0.15) is 24.7 Å². The first-order valence-corrected chi connectivity index (χ1v) is 6.52. The monoisotopic (exact) mass is 260 g/mol. The summed E-state index contributed by atoms with van der Waals surface area (Å²) in [5, 5.41) is 3.40. The van der Waals surface area contributed by atoms with Crippen molar-refractivity contribution in [3.05, 3.63) is 29.6 Å². The molecule has 0 saturated heterocycles. The van der Waals surface area contributed by atoms with Crippen molar-refractivity contribution in [3.8, 4) is 0 Å². The molecule has 1 aromatic rings. The number of halogens is 2. The SMILES string of the molecule is CCC(CCl)(CCl)NCc1cccc(C)n1. The Morgan fingerprint density at radius 3 is 2.50 bits per heavy atom. The molecule has 0 aliphatic heterocycles. The topological polar surface area (TPSA) is 24.9 Å². The average Bonchev–Trinajstić information content (AvgIpc) is 2.32. The van der Waals surface area contributed by atoms with Crippen LogP contribution in [-0.2, 0) is 6.54 Å². The van der Waals surface area contributed by atoms with Gasteiger partial charge in [-0.2, -0.15) is 0 Å². The van der Waals surface area contributed by atoms with Gasteiger partial charge in [0.2, 0.25) is 0 Å². The van der Waals surface area contributed by atoms with Crippen molar-refractivity contribution in [2.45, 2.75) is 32.4 Å². The lowest BCUT2D eigenvalue weighted by molar-refractivity contribution is 0.382. The molecule has 90 valence electrons. The number of hydrogen-bond acceptors (Lipinski definition) is 2. The van der Waals surface area contributed by atoms with Gasteiger partial charge in [0.1, 0.15) is 0 Å². The quantitative estimate of drug-likeness (QED) is 0.796. The minimum absolute atomic E-state index is 0.186. The van der Waals surface area contributed by atoms with Crippen LogP contribution >= 0.6 is 23.2 Å². The number of nitrogens with zero attached hydrogens (tertiary/aromatic N) is 1. The third-order valence-corrected chi connectivity index (χ3v) is 3.80. The van der Waals surface area contributed by atoms with E-state index in [0.29, 0.717) is 18.3 Å². The summed E-state index contributed by atoms with van der Waals surface area (Å²) in [6.45, 7) is 4.77. The zero-order valence-electron chi connectivity index (χ0n) is 9.76. The van der Waals surface area contributed by atoms with Crippen molar-refractivity contribution in [2.24, 2.45) is 0 Å². The first kappa shape index (κ1) is 13.8. The summed E-state index contributed by atoms with van der Waals surface area (Å²) in [5.74, 6) is 1.03. The maximum Gasteiger partial charge on any atom is 0.0545 e. The maximum atomic E-state index is 5.95. The molecule has 1 heterocycles. The van der Waals surface area contributed by atoms with E-state index >= 15 is 0 Å². The Balaban J connectivity index is 2.62. The smallest absolute Gasteiger partial charge is 0.0545 e. The van der Waals surface area contributed by atoms with E-state index in [1.165, 1.54) is 0 Å². The fraction of sp³-hybridized carbons (Fsp3) is 0.583. The van der Waals surface area contributed by atoms with Crippen molar-refractivity contribution in [1.82, 2.24) is 10.3 Å². The Bertz CT molecular complexity index is 316. The van der Waals surface area contributed by atoms with Crippen LogP contribution < -0.4 is 5.32 Å². The molecule has 0 aromatic carbocycles. The van der Waals surface area contributed by atoms with Gasteiger partial charge in [-0.3, -0.25) is 4.98 Å². The van der Waals surface area contributed by atoms with E-state index in [0.717, 1.165) is 17.8 Å². The van der Waals surface area contributed by atoms with Crippen molar-refractivity contribution in [2.75, 3.05) is 11.8 Å². The lowest BCUT2D eigenvalue weighted by Gasteiger charge is -2.29. The zero-order chi connectivity index (χ0) is 12.0. The number of alkyl halides is 2. The number of rotatable bonds is 6. The van der Waals surface area contributed by atoms with E-state index in [9.17, 15) is 0 Å². The summed E-state index contributed by atoms with van der Waals surface area (Å²) in [5.41, 5.74) is 1.86. The van der Waals surface area contributed by atoms with E-state index in [-0.39, 0.29) is 5.54 Å². The summed E-state index contributed by atoms with van der Waals surface area (Å²) in [4.78, 5) is 4.43. The van der Waals surface area contributed by atoms with E-state index < -0.39 is 0 Å². The highest BCUT2D eigenvalue weighted by Gasteiger charge is 2.25. The number of aromatic nitrogens is 1. The highest BCUT2D eigenvalue weighted by Crippen LogP contribution is 2.15. The van der Waals surface area contributed by atoms with Crippen LogP contribution in [0.5, 0.6) is 0 Å². The number of nitrogens with one attached hydrogen (secondary N) is 1. The molecule has 0 spiro atoms. The number of aryl methyl sites for hydroxylation is 1. The molecule has 0 amide bonds. The molecule has 0 unspecified atom stereocenters. The lowest BCUT2D eigenvalue weighted by atomic mass is 10.0. The summed E-state index contributed by atoms with van der Waals surface area (Å²) in [7, 11) is 0. The molecule has 0 atom stereocenters. The van der Waals surface area contributed by atoms with Gasteiger partial charge in [-0.05, 0) is 25.5 Å². The predicted octanol–water partition coefficient (Wildman–Crippen LogP) is 3.11. The Morgan fingerprint density at radius 1 is 1.31 bits per heavy atom. The van der Waals surface area contributed by atoms with Crippen LogP contribution in [0.2, 0.25) is 0 Å². The molecule has 1 N–H and O–H groups in total. The summed E-state index contributed by atoms with van der Waals surface area (Å²) in [6.07, 6.45) is 0.909. The van der Waals surface area contributed by atoms with Gasteiger partial charge in [-0.15, -0.1) is 23.2 Å². The van der Waals surface area contributed by atoms with Crippen LogP contribution in [0.4, 0.5) is 0 Å². The van der Waals surface area contributed by atoms with E-state index in [1.54, 1.807) is 0 Å². The van der Waals surface area contributed by atoms with Crippen LogP contribution in [0.15, 0.2) is 18.2 Å². The van der Waals surface area contributed by atoms with Gasteiger partial charge in [0, 0.05) is 29.5 Å². The lowest BCUT2D eigenvalue weighted by Crippen LogP contribution is -2.48. The second-order valence-corrected chi connectivity index (χ2v) is 4.56. The molecule has 2 nitrogen and oxygen atoms in total. The highest BCUT2D eigenvalue weighted by molar-refractivity contribution is 6.22. The minimum Gasteiger partial charge on any atom is -0.303 e. The van der Waals surface area contributed by atoms with Gasteiger partial charge in [0.25, 0.3) is 0 Å². The van der Waals surface area contributed by atoms with Gasteiger partial charge >= 0.3 is 0 Å². The number of hydrogen-bond donors (Lipinski definition) is 1. The summed E-state index contributed by atoms with van der Waals surface area (Å²) in [6, 6.07) is 6.00. The minimum atomic E-state index is -0.186. The molecular weight excluding hydrogens is 243 g/mol. The van der Waals surface area contributed by atoms with Crippen LogP contribution in [0.25, 0.3) is 0 Å². The van der Waals surface area contributed by atoms with Gasteiger partial charge < -0.3 is 5.32 Å². The maximum absolute atomic E-state index is 5.95. The molecule has 1 rings (SSSR count). The van der Waals surface area contributed by atoms with E-state index in [4.69, 9.17) is 23.2 Å². The van der Waals surface area contributed by atoms with E-state index in [2.05, 4.69) is 17.2 Å². The normalized spacial score (nSPS) is 11.8. The highest BCUT2D eigenvalue weighted by atomic mass is 35.5. The van der Waals surface area contributed by atoms with Gasteiger partial charge in [-0.1, -0.05) is 13.0 Å². The fourth-order valence-electron chi connectivity index (χ4n) is 1.42. The Morgan fingerprint density at radius 2 is 2.00 bits per heavy atom. The largest absolute Gasteiger partial charge is 0.303 e. The second kappa shape index (κ2) is 6.43. The predicted molar refractivity (Wildman–Crippen MR) is 70.3 cm³/mol. The first-order valence-electron chi connectivity index (χ1n) is 5.45. The van der Waals surface area contributed by atoms with Crippen molar-refractivity contribution in [1.29, 1.82) is 0 Å². The fourth-order valence-corrected chi connectivity index (χ4v) is 2.27. The van der Waals surface area contributed by atoms with Gasteiger partial charge in [-0.25, -0.2) is 0 Å². The molecule has 0 bridgehead atoms. The Kier molecular flexibility index (Phi) is 5.53. The molecule has 0 radical (unpaired) electrons. The Labute approximate surface area is 107 Å². The molecule has 1 aromatic heterocycles.